The van der Waals surface area contributed by atoms with Crippen LogP contribution in [0.2, 0.25) is 0 Å². The van der Waals surface area contributed by atoms with Crippen LogP contribution in [0, 0.1) is 0 Å². The second-order valence-corrected chi connectivity index (χ2v) is 7.31. The molecule has 0 saturated heterocycles. The van der Waals surface area contributed by atoms with Gasteiger partial charge in [0.25, 0.3) is 0 Å². The van der Waals surface area contributed by atoms with Crippen LogP contribution in [-0.2, 0) is 11.2 Å². The maximum absolute atomic E-state index is 12.1. The molecule has 0 radical (unpaired) electrons. The third kappa shape index (κ3) is 4.46. The van der Waals surface area contributed by atoms with Crippen molar-refractivity contribution in [2.75, 3.05) is 12.3 Å². The molecule has 1 N–H and O–H groups in total. The second kappa shape index (κ2) is 8.22. The molecule has 2 aromatic carbocycles. The topological polar surface area (TPSA) is 64.1 Å². The number of amides is 1. The minimum atomic E-state index is -0.0391. The van der Waals surface area contributed by atoms with E-state index >= 15 is 0 Å². The van der Waals surface area contributed by atoms with Crippen LogP contribution in [0.15, 0.2) is 72.0 Å². The summed E-state index contributed by atoms with van der Waals surface area (Å²) in [4.78, 5) is 21.6. The lowest BCUT2D eigenvalue weighted by Gasteiger charge is -2.11. The average Bonchev–Trinajstić information content (AvgIpc) is 3.14. The molecule has 1 atom stereocenters. The molecule has 6 heteroatoms. The van der Waals surface area contributed by atoms with Crippen LogP contribution < -0.4 is 10.1 Å². The minimum Gasteiger partial charge on any atom is -0.488 e. The summed E-state index contributed by atoms with van der Waals surface area (Å²) in [5, 5.41) is 2.97. The Balaban J connectivity index is 1.29. The van der Waals surface area contributed by atoms with E-state index in [0.717, 1.165) is 33.9 Å². The minimum absolute atomic E-state index is 0.0173. The van der Waals surface area contributed by atoms with Crippen molar-refractivity contribution in [3.05, 3.63) is 72.7 Å². The highest BCUT2D eigenvalue weighted by Crippen LogP contribution is 2.32. The summed E-state index contributed by atoms with van der Waals surface area (Å²) in [6, 6.07) is 16.0. The number of benzene rings is 2. The number of ether oxygens (including phenoxy) is 1. The van der Waals surface area contributed by atoms with E-state index in [1.165, 1.54) is 11.8 Å². The zero-order valence-electron chi connectivity index (χ0n) is 14.7. The first-order valence-corrected chi connectivity index (χ1v) is 9.77. The summed E-state index contributed by atoms with van der Waals surface area (Å²) in [5.74, 6) is 1.30. The Morgan fingerprint density at radius 2 is 2.07 bits per heavy atom. The van der Waals surface area contributed by atoms with Crippen molar-refractivity contribution < 1.29 is 9.53 Å². The van der Waals surface area contributed by atoms with Crippen molar-refractivity contribution in [3.8, 4) is 17.0 Å². The molecule has 5 nitrogen and oxygen atoms in total. The predicted octanol–water partition coefficient (Wildman–Crippen LogP) is 3.36. The highest BCUT2D eigenvalue weighted by Gasteiger charge is 2.23. The lowest BCUT2D eigenvalue weighted by Crippen LogP contribution is -2.35. The van der Waals surface area contributed by atoms with Gasteiger partial charge in [-0.15, -0.1) is 11.8 Å². The van der Waals surface area contributed by atoms with Gasteiger partial charge in [0.05, 0.1) is 24.2 Å². The molecule has 4 rings (SSSR count). The number of thioether (sulfide) groups is 1. The van der Waals surface area contributed by atoms with Gasteiger partial charge < -0.3 is 10.1 Å². The molecule has 0 bridgehead atoms. The van der Waals surface area contributed by atoms with Gasteiger partial charge in [0.2, 0.25) is 5.91 Å². The third-order valence-corrected chi connectivity index (χ3v) is 5.31. The van der Waals surface area contributed by atoms with Crippen LogP contribution in [0.5, 0.6) is 5.75 Å². The van der Waals surface area contributed by atoms with Crippen molar-refractivity contribution in [3.63, 3.8) is 0 Å². The molecule has 0 spiro atoms. The molecule has 1 aliphatic rings. The van der Waals surface area contributed by atoms with Crippen molar-refractivity contribution in [1.29, 1.82) is 0 Å². The fraction of sp³-hybridized carbons (Fsp3) is 0.190. The summed E-state index contributed by atoms with van der Waals surface area (Å²) in [6.45, 7) is 0.503. The van der Waals surface area contributed by atoms with E-state index in [0.29, 0.717) is 12.3 Å². The van der Waals surface area contributed by atoms with Gasteiger partial charge in [-0.1, -0.05) is 18.2 Å². The molecule has 1 amide bonds. The van der Waals surface area contributed by atoms with Crippen molar-refractivity contribution in [1.82, 2.24) is 15.3 Å². The molecule has 0 aliphatic carbocycles. The van der Waals surface area contributed by atoms with Gasteiger partial charge >= 0.3 is 0 Å². The summed E-state index contributed by atoms with van der Waals surface area (Å²) in [6.07, 6.45) is 5.83. The first kappa shape index (κ1) is 17.5. The third-order valence-electron chi connectivity index (χ3n) is 4.30. The van der Waals surface area contributed by atoms with Crippen molar-refractivity contribution >= 4 is 17.7 Å². The average molecular weight is 377 g/mol. The second-order valence-electron chi connectivity index (χ2n) is 6.26. The fourth-order valence-corrected chi connectivity index (χ4v) is 3.74. The first-order chi connectivity index (χ1) is 13.3. The summed E-state index contributed by atoms with van der Waals surface area (Å²) in [5.41, 5.74) is 3.00. The van der Waals surface area contributed by atoms with E-state index in [4.69, 9.17) is 4.74 Å². The lowest BCUT2D eigenvalue weighted by molar-refractivity contribution is -0.118. The van der Waals surface area contributed by atoms with Crippen molar-refractivity contribution in [2.24, 2.45) is 0 Å². The Kier molecular flexibility index (Phi) is 5.34. The Hall–Kier alpha value is -2.86. The van der Waals surface area contributed by atoms with Crippen LogP contribution in [0.1, 0.15) is 5.56 Å². The molecular weight excluding hydrogens is 358 g/mol. The van der Waals surface area contributed by atoms with E-state index < -0.39 is 0 Å². The fourth-order valence-electron chi connectivity index (χ4n) is 2.99. The largest absolute Gasteiger partial charge is 0.488 e. The van der Waals surface area contributed by atoms with Gasteiger partial charge in [0, 0.05) is 29.3 Å². The van der Waals surface area contributed by atoms with Crippen LogP contribution >= 0.6 is 11.8 Å². The van der Waals surface area contributed by atoms with Crippen LogP contribution in [-0.4, -0.2) is 34.3 Å². The number of carbonyl (C=O) groups excluding carboxylic acids is 1. The molecular formula is C21H19N3O2S. The first-order valence-electron chi connectivity index (χ1n) is 8.78. The van der Waals surface area contributed by atoms with Gasteiger partial charge in [0.15, 0.2) is 0 Å². The number of hydrogen-bond donors (Lipinski definition) is 1. The van der Waals surface area contributed by atoms with Crippen LogP contribution in [0.3, 0.4) is 0 Å². The number of fused-ring (bicyclic) bond motifs is 1. The lowest BCUT2D eigenvalue weighted by atomic mass is 10.0. The maximum Gasteiger partial charge on any atom is 0.230 e. The number of carbonyl (C=O) groups is 1. The maximum atomic E-state index is 12.1. The highest BCUT2D eigenvalue weighted by molar-refractivity contribution is 8.00. The summed E-state index contributed by atoms with van der Waals surface area (Å²) < 4.78 is 5.95. The Morgan fingerprint density at radius 3 is 2.89 bits per heavy atom. The summed E-state index contributed by atoms with van der Waals surface area (Å²) in [7, 11) is 0. The Morgan fingerprint density at radius 1 is 1.19 bits per heavy atom. The summed E-state index contributed by atoms with van der Waals surface area (Å²) >= 11 is 1.53. The monoisotopic (exact) mass is 377 g/mol. The Labute approximate surface area is 162 Å². The number of aromatic nitrogens is 2. The zero-order valence-corrected chi connectivity index (χ0v) is 15.5. The van der Waals surface area contributed by atoms with Gasteiger partial charge in [-0.3, -0.25) is 14.8 Å². The molecule has 0 fully saturated rings. The predicted molar refractivity (Wildman–Crippen MR) is 106 cm³/mol. The standard InChI is InChI=1S/C21H19N3O2S/c25-21(14-27-18-4-2-1-3-5-18)24-12-17-11-16-10-15(6-7-20(16)26-17)19-13-22-8-9-23-19/h1-10,13,17H,11-12,14H2,(H,24,25)/t17-/m1/s1. The normalized spacial score (nSPS) is 15.0. The SMILES string of the molecule is O=C(CSc1ccccc1)NC[C@H]1Cc2cc(-c3cnccn3)ccc2O1. The van der Waals surface area contributed by atoms with E-state index in [2.05, 4.69) is 21.4 Å². The number of nitrogens with one attached hydrogen (secondary N) is 1. The van der Waals surface area contributed by atoms with Gasteiger partial charge in [-0.2, -0.15) is 0 Å². The van der Waals surface area contributed by atoms with Crippen molar-refractivity contribution in [2.45, 2.75) is 17.4 Å². The molecule has 2 heterocycles. The molecule has 136 valence electrons. The van der Waals surface area contributed by atoms with Gasteiger partial charge in [0.1, 0.15) is 11.9 Å². The molecule has 1 aromatic heterocycles. The van der Waals surface area contributed by atoms with E-state index in [9.17, 15) is 4.79 Å². The molecule has 3 aromatic rings. The van der Waals surface area contributed by atoms with Gasteiger partial charge in [-0.25, -0.2) is 0 Å². The molecule has 0 unspecified atom stereocenters. The highest BCUT2D eigenvalue weighted by atomic mass is 32.2. The number of rotatable bonds is 6. The number of hydrogen-bond acceptors (Lipinski definition) is 5. The number of nitrogens with zero attached hydrogens (tertiary/aromatic N) is 2. The quantitative estimate of drug-likeness (QED) is 0.668. The van der Waals surface area contributed by atoms with E-state index in [-0.39, 0.29) is 12.0 Å². The zero-order chi connectivity index (χ0) is 18.5. The molecule has 1 aliphatic heterocycles. The van der Waals surface area contributed by atoms with E-state index in [1.807, 2.05) is 42.5 Å². The molecule has 27 heavy (non-hydrogen) atoms. The van der Waals surface area contributed by atoms with Crippen LogP contribution in [0.4, 0.5) is 0 Å². The van der Waals surface area contributed by atoms with E-state index in [1.54, 1.807) is 18.6 Å². The van der Waals surface area contributed by atoms with Crippen LogP contribution in [0.25, 0.3) is 11.3 Å². The molecule has 0 saturated carbocycles. The Bertz CT molecular complexity index is 919. The smallest absolute Gasteiger partial charge is 0.230 e. The van der Waals surface area contributed by atoms with Gasteiger partial charge in [-0.05, 0) is 35.9 Å².